The van der Waals surface area contributed by atoms with Crippen LogP contribution in [-0.4, -0.2) is 18.3 Å². The summed E-state index contributed by atoms with van der Waals surface area (Å²) in [6.45, 7) is 5.64. The van der Waals surface area contributed by atoms with Crippen molar-refractivity contribution >= 4 is 17.9 Å². The SMILES string of the molecule is [CH2]CC(C)OC(=O)Nc1cccc(CN=C=O)c1. The minimum absolute atomic E-state index is 0.229. The quantitative estimate of drug-likeness (QED) is 0.642. The second-order valence-corrected chi connectivity index (χ2v) is 3.74. The number of hydrogen-bond acceptors (Lipinski definition) is 4. The first-order chi connectivity index (χ1) is 8.65. The van der Waals surface area contributed by atoms with Gasteiger partial charge in [0.25, 0.3) is 0 Å². The Morgan fingerprint density at radius 1 is 1.61 bits per heavy atom. The summed E-state index contributed by atoms with van der Waals surface area (Å²) >= 11 is 0. The van der Waals surface area contributed by atoms with Crippen LogP contribution in [0.15, 0.2) is 29.3 Å². The molecular weight excluding hydrogens is 232 g/mol. The van der Waals surface area contributed by atoms with Crippen molar-refractivity contribution < 1.29 is 14.3 Å². The van der Waals surface area contributed by atoms with E-state index in [4.69, 9.17) is 4.74 Å². The molecule has 5 nitrogen and oxygen atoms in total. The summed E-state index contributed by atoms with van der Waals surface area (Å²) in [7, 11) is 0. The van der Waals surface area contributed by atoms with Crippen LogP contribution in [0.2, 0.25) is 0 Å². The molecule has 0 aliphatic carbocycles. The predicted octanol–water partition coefficient (Wildman–Crippen LogP) is 2.68. The molecule has 5 heteroatoms. The highest BCUT2D eigenvalue weighted by atomic mass is 16.6. The van der Waals surface area contributed by atoms with E-state index in [1.807, 2.05) is 0 Å². The summed E-state index contributed by atoms with van der Waals surface area (Å²) in [5.41, 5.74) is 1.40. The zero-order valence-electron chi connectivity index (χ0n) is 10.2. The minimum atomic E-state index is -0.526. The number of carbonyl (C=O) groups is 1. The van der Waals surface area contributed by atoms with Crippen LogP contribution in [0, 0.1) is 6.92 Å². The smallest absolute Gasteiger partial charge is 0.411 e. The Kier molecular flexibility index (Phi) is 5.61. The number of anilines is 1. The highest BCUT2D eigenvalue weighted by molar-refractivity contribution is 5.84. The Balaban J connectivity index is 2.61. The first-order valence-electron chi connectivity index (χ1n) is 5.55. The van der Waals surface area contributed by atoms with Gasteiger partial charge in [-0.2, -0.15) is 0 Å². The van der Waals surface area contributed by atoms with Crippen LogP contribution < -0.4 is 5.32 Å². The van der Waals surface area contributed by atoms with Crippen molar-refractivity contribution in [2.45, 2.75) is 26.0 Å². The molecule has 0 spiro atoms. The fourth-order valence-electron chi connectivity index (χ4n) is 1.26. The van der Waals surface area contributed by atoms with E-state index in [2.05, 4.69) is 17.2 Å². The second kappa shape index (κ2) is 7.25. The summed E-state index contributed by atoms with van der Waals surface area (Å²) in [5.74, 6) is 0. The Morgan fingerprint density at radius 3 is 3.06 bits per heavy atom. The molecule has 1 rings (SSSR count). The molecule has 0 aliphatic heterocycles. The van der Waals surface area contributed by atoms with E-state index >= 15 is 0 Å². The Bertz CT molecular complexity index is 453. The molecule has 1 atom stereocenters. The molecule has 1 aromatic rings. The molecule has 1 N–H and O–H groups in total. The number of nitrogens with one attached hydrogen (secondary N) is 1. The molecular formula is C13H15N2O3. The second-order valence-electron chi connectivity index (χ2n) is 3.74. The molecule has 0 bridgehead atoms. The molecule has 1 aromatic carbocycles. The first kappa shape index (κ1) is 13.9. The van der Waals surface area contributed by atoms with Gasteiger partial charge in [0.15, 0.2) is 0 Å². The monoisotopic (exact) mass is 247 g/mol. The molecule has 0 saturated carbocycles. The number of carbonyl (C=O) groups excluding carboxylic acids is 2. The van der Waals surface area contributed by atoms with E-state index in [0.717, 1.165) is 5.56 Å². The van der Waals surface area contributed by atoms with E-state index in [1.165, 1.54) is 6.08 Å². The average Bonchev–Trinajstić information content (AvgIpc) is 2.36. The summed E-state index contributed by atoms with van der Waals surface area (Å²) in [4.78, 5) is 24.9. The average molecular weight is 247 g/mol. The molecule has 0 fully saturated rings. The highest BCUT2D eigenvalue weighted by Gasteiger charge is 2.07. The number of aliphatic imine (C=N–C) groups is 1. The van der Waals surface area contributed by atoms with Gasteiger partial charge in [0, 0.05) is 5.69 Å². The van der Waals surface area contributed by atoms with Crippen LogP contribution >= 0.6 is 0 Å². The van der Waals surface area contributed by atoms with E-state index in [1.54, 1.807) is 31.2 Å². The Labute approximate surface area is 106 Å². The zero-order valence-corrected chi connectivity index (χ0v) is 10.2. The zero-order chi connectivity index (χ0) is 13.4. The van der Waals surface area contributed by atoms with Gasteiger partial charge < -0.3 is 4.74 Å². The van der Waals surface area contributed by atoms with Gasteiger partial charge in [0.2, 0.25) is 6.08 Å². The van der Waals surface area contributed by atoms with Gasteiger partial charge >= 0.3 is 6.09 Å². The molecule has 1 unspecified atom stereocenters. The standard InChI is InChI=1S/C13H15N2O3/c1-3-10(2)18-13(17)15-12-6-4-5-11(7-12)8-14-9-16/h4-7,10H,1,3,8H2,2H3,(H,15,17). The molecule has 0 saturated heterocycles. The molecule has 1 amide bonds. The fraction of sp³-hybridized carbons (Fsp3) is 0.308. The van der Waals surface area contributed by atoms with E-state index in [-0.39, 0.29) is 12.6 Å². The van der Waals surface area contributed by atoms with Gasteiger partial charge in [-0.15, -0.1) is 0 Å². The number of benzene rings is 1. The minimum Gasteiger partial charge on any atom is -0.446 e. The summed E-state index contributed by atoms with van der Waals surface area (Å²) in [6.07, 6.45) is 1.23. The summed E-state index contributed by atoms with van der Waals surface area (Å²) in [6, 6.07) is 7.01. The number of amides is 1. The van der Waals surface area contributed by atoms with Crippen LogP contribution in [0.1, 0.15) is 18.9 Å². The lowest BCUT2D eigenvalue weighted by molar-refractivity contribution is 0.122. The van der Waals surface area contributed by atoms with E-state index < -0.39 is 6.09 Å². The van der Waals surface area contributed by atoms with Crippen LogP contribution in [0.5, 0.6) is 0 Å². The normalized spacial score (nSPS) is 11.2. The van der Waals surface area contributed by atoms with Crippen LogP contribution in [-0.2, 0) is 16.1 Å². The lowest BCUT2D eigenvalue weighted by Gasteiger charge is -2.12. The van der Waals surface area contributed by atoms with Gasteiger partial charge in [-0.05, 0) is 38.0 Å². The van der Waals surface area contributed by atoms with Gasteiger partial charge in [0.1, 0.15) is 6.10 Å². The number of hydrogen-bond donors (Lipinski definition) is 1. The topological polar surface area (TPSA) is 67.8 Å². The van der Waals surface area contributed by atoms with E-state index in [9.17, 15) is 9.59 Å². The third-order valence-electron chi connectivity index (χ3n) is 2.21. The van der Waals surface area contributed by atoms with Crippen molar-refractivity contribution in [3.63, 3.8) is 0 Å². The molecule has 0 aromatic heterocycles. The molecule has 95 valence electrons. The Morgan fingerprint density at radius 2 is 2.39 bits per heavy atom. The van der Waals surface area contributed by atoms with Gasteiger partial charge in [-0.3, -0.25) is 5.32 Å². The maximum absolute atomic E-state index is 11.5. The van der Waals surface area contributed by atoms with Gasteiger partial charge in [0.05, 0.1) is 6.54 Å². The van der Waals surface area contributed by atoms with E-state index in [0.29, 0.717) is 12.1 Å². The maximum Gasteiger partial charge on any atom is 0.411 e. The van der Waals surface area contributed by atoms with Crippen LogP contribution in [0.3, 0.4) is 0 Å². The van der Waals surface area contributed by atoms with Crippen molar-refractivity contribution in [1.29, 1.82) is 0 Å². The fourth-order valence-corrected chi connectivity index (χ4v) is 1.26. The number of nitrogens with zero attached hydrogens (tertiary/aromatic N) is 1. The summed E-state index contributed by atoms with van der Waals surface area (Å²) < 4.78 is 5.03. The van der Waals surface area contributed by atoms with Gasteiger partial charge in [-0.1, -0.05) is 12.1 Å². The third-order valence-corrected chi connectivity index (χ3v) is 2.21. The van der Waals surface area contributed by atoms with Crippen LogP contribution in [0.25, 0.3) is 0 Å². The highest BCUT2D eigenvalue weighted by Crippen LogP contribution is 2.12. The van der Waals surface area contributed by atoms with Crippen molar-refractivity contribution in [2.75, 3.05) is 5.32 Å². The molecule has 0 aliphatic rings. The molecule has 0 heterocycles. The van der Waals surface area contributed by atoms with Crippen molar-refractivity contribution in [1.82, 2.24) is 0 Å². The van der Waals surface area contributed by atoms with Crippen molar-refractivity contribution in [2.24, 2.45) is 4.99 Å². The molecule has 18 heavy (non-hydrogen) atoms. The first-order valence-corrected chi connectivity index (χ1v) is 5.55. The third kappa shape index (κ3) is 4.80. The number of isocyanates is 1. The number of ether oxygens (including phenoxy) is 1. The van der Waals surface area contributed by atoms with Gasteiger partial charge in [-0.25, -0.2) is 14.6 Å². The van der Waals surface area contributed by atoms with Crippen LogP contribution in [0.4, 0.5) is 10.5 Å². The van der Waals surface area contributed by atoms with Crippen molar-refractivity contribution in [3.05, 3.63) is 36.8 Å². The maximum atomic E-state index is 11.5. The largest absolute Gasteiger partial charge is 0.446 e. The molecule has 1 radical (unpaired) electrons. The van der Waals surface area contributed by atoms with Crippen molar-refractivity contribution in [3.8, 4) is 0 Å². The summed E-state index contributed by atoms with van der Waals surface area (Å²) in [5, 5.41) is 2.59. The lowest BCUT2D eigenvalue weighted by atomic mass is 10.2. The lowest BCUT2D eigenvalue weighted by Crippen LogP contribution is -2.19. The predicted molar refractivity (Wildman–Crippen MR) is 67.8 cm³/mol. The number of rotatable bonds is 5. The Hall–Kier alpha value is -2.13.